The molecule has 224 valence electrons. The highest BCUT2D eigenvalue weighted by molar-refractivity contribution is 5.98. The topological polar surface area (TPSA) is 124 Å². The van der Waals surface area contributed by atoms with Crippen molar-refractivity contribution in [3.05, 3.63) is 83.2 Å². The van der Waals surface area contributed by atoms with Gasteiger partial charge in [-0.25, -0.2) is 9.37 Å². The fourth-order valence-electron chi connectivity index (χ4n) is 5.69. The van der Waals surface area contributed by atoms with Gasteiger partial charge in [0, 0.05) is 48.2 Å². The molecule has 5 heterocycles. The molecule has 1 fully saturated rings. The van der Waals surface area contributed by atoms with E-state index in [0.29, 0.717) is 18.1 Å². The van der Waals surface area contributed by atoms with Crippen molar-refractivity contribution in [3.63, 3.8) is 0 Å². The molecule has 0 saturated carbocycles. The molecular weight excluding hydrogens is 557 g/mol. The van der Waals surface area contributed by atoms with Crippen LogP contribution in [0.4, 0.5) is 10.2 Å². The number of nitrogens with two attached hydrogens (primary N) is 1. The lowest BCUT2D eigenvalue weighted by Crippen LogP contribution is -2.56. The van der Waals surface area contributed by atoms with E-state index in [1.807, 2.05) is 68.4 Å². The van der Waals surface area contributed by atoms with Crippen LogP contribution in [-0.4, -0.2) is 82.5 Å². The monoisotopic (exact) mass is 591 g/mol. The Morgan fingerprint density at radius 1 is 1.11 bits per heavy atom. The number of fused-ring (bicyclic) bond motifs is 2. The van der Waals surface area contributed by atoms with Crippen molar-refractivity contribution < 1.29 is 9.13 Å². The smallest absolute Gasteiger partial charge is 0.147 e. The van der Waals surface area contributed by atoms with Crippen LogP contribution in [0.25, 0.3) is 45.1 Å². The fourth-order valence-corrected chi connectivity index (χ4v) is 5.69. The first kappa shape index (κ1) is 27.9. The van der Waals surface area contributed by atoms with Gasteiger partial charge in [-0.1, -0.05) is 18.2 Å². The molecule has 11 heteroatoms. The summed E-state index contributed by atoms with van der Waals surface area (Å²) < 4.78 is 20.5. The molecule has 0 aliphatic carbocycles. The van der Waals surface area contributed by atoms with E-state index in [2.05, 4.69) is 25.1 Å². The first-order valence-electron chi connectivity index (χ1n) is 14.7. The van der Waals surface area contributed by atoms with Crippen molar-refractivity contribution >= 4 is 28.4 Å². The number of hydrogen-bond donors (Lipinski definition) is 3. The fraction of sp³-hybridized carbons (Fsp3) is 0.273. The molecule has 5 aromatic rings. The molecule has 44 heavy (non-hydrogen) atoms. The lowest BCUT2D eigenvalue weighted by molar-refractivity contribution is 0.260. The Bertz CT molecular complexity index is 2010. The predicted molar refractivity (Wildman–Crippen MR) is 170 cm³/mol. The Kier molecular flexibility index (Phi) is 7.19. The van der Waals surface area contributed by atoms with Gasteiger partial charge in [-0.05, 0) is 62.5 Å². The molecular formula is C33H34FN9O. The summed E-state index contributed by atoms with van der Waals surface area (Å²) in [5, 5.41) is 10.3. The van der Waals surface area contributed by atoms with E-state index in [9.17, 15) is 4.39 Å². The molecule has 1 atom stereocenters. The first-order valence-corrected chi connectivity index (χ1v) is 14.7. The number of nitrogens with one attached hydrogen (secondary N) is 2. The third-order valence-corrected chi connectivity index (χ3v) is 8.03. The summed E-state index contributed by atoms with van der Waals surface area (Å²) in [6.45, 7) is 4.81. The average molecular weight is 592 g/mol. The van der Waals surface area contributed by atoms with E-state index in [1.165, 1.54) is 12.1 Å². The number of rotatable bonds is 8. The van der Waals surface area contributed by atoms with E-state index >= 15 is 0 Å². The highest BCUT2D eigenvalue weighted by Crippen LogP contribution is 2.34. The van der Waals surface area contributed by atoms with Gasteiger partial charge in [0.15, 0.2) is 0 Å². The molecule has 0 amide bonds. The second-order valence-electron chi connectivity index (χ2n) is 11.6. The molecule has 3 aromatic heterocycles. The zero-order valence-electron chi connectivity index (χ0n) is 24.9. The van der Waals surface area contributed by atoms with Gasteiger partial charge < -0.3 is 25.3 Å². The standard InChI is InChI=1S/C33H34FN9O/c1-19-24(30-15-36-16-31(39-30)43-17-22(35)18-43)7-8-28-32(37-19)33(41-40-28)29-14-26-25(5-4-6-27(26)38-29)20-11-21(34)13-23(12-20)44-10-9-42(2)3/h4-8,11-16,19,22,38,40H,9-10,17-18,35H2,1-3H3/t19-/m0/s1. The van der Waals surface area contributed by atoms with Gasteiger partial charge in [-0.2, -0.15) is 5.10 Å². The Morgan fingerprint density at radius 3 is 2.80 bits per heavy atom. The number of benzene rings is 2. The van der Waals surface area contributed by atoms with E-state index in [1.54, 1.807) is 12.4 Å². The van der Waals surface area contributed by atoms with Crippen LogP contribution < -0.4 is 26.1 Å². The Hall–Kier alpha value is -4.87. The number of aromatic amines is 2. The van der Waals surface area contributed by atoms with Crippen LogP contribution in [0.15, 0.2) is 65.9 Å². The molecule has 0 radical (unpaired) electrons. The molecule has 10 nitrogen and oxygen atoms in total. The van der Waals surface area contributed by atoms with Gasteiger partial charge in [0.1, 0.15) is 35.0 Å². The molecule has 2 aromatic carbocycles. The zero-order valence-corrected chi connectivity index (χ0v) is 24.9. The summed E-state index contributed by atoms with van der Waals surface area (Å²) in [7, 11) is 3.95. The van der Waals surface area contributed by atoms with E-state index in [0.717, 1.165) is 75.1 Å². The third kappa shape index (κ3) is 5.36. The number of H-pyrrole nitrogens is 2. The lowest BCUT2D eigenvalue weighted by Gasteiger charge is -2.37. The van der Waals surface area contributed by atoms with Gasteiger partial charge in [-0.3, -0.25) is 15.1 Å². The van der Waals surface area contributed by atoms with Crippen LogP contribution in [0, 0.1) is 5.82 Å². The summed E-state index contributed by atoms with van der Waals surface area (Å²) >= 11 is 0. The number of ether oxygens (including phenoxy) is 1. The van der Waals surface area contributed by atoms with Crippen LogP contribution in [0.5, 0.6) is 5.75 Å². The van der Waals surface area contributed by atoms with E-state index < -0.39 is 0 Å². The molecule has 0 spiro atoms. The second kappa shape index (κ2) is 11.3. The van der Waals surface area contributed by atoms with Crippen molar-refractivity contribution in [2.45, 2.75) is 19.0 Å². The Morgan fingerprint density at radius 2 is 1.98 bits per heavy atom. The number of nitrogens with zero attached hydrogens (tertiary/aromatic N) is 6. The van der Waals surface area contributed by atoms with Gasteiger partial charge in [0.25, 0.3) is 0 Å². The number of aromatic nitrogens is 5. The highest BCUT2D eigenvalue weighted by Gasteiger charge is 2.25. The Balaban J connectivity index is 1.22. The molecule has 1 saturated heterocycles. The van der Waals surface area contributed by atoms with Crippen molar-refractivity contribution in [2.75, 3.05) is 45.2 Å². The number of allylic oxidation sites excluding steroid dienone is 1. The Labute approximate surface area is 253 Å². The lowest BCUT2D eigenvalue weighted by atomic mass is 10.0. The van der Waals surface area contributed by atoms with Crippen LogP contribution >= 0.6 is 0 Å². The minimum Gasteiger partial charge on any atom is -0.492 e. The minimum absolute atomic E-state index is 0.176. The van der Waals surface area contributed by atoms with Gasteiger partial charge >= 0.3 is 0 Å². The summed E-state index contributed by atoms with van der Waals surface area (Å²) in [4.78, 5) is 22.1. The normalized spacial score (nSPS) is 16.6. The van der Waals surface area contributed by atoms with Crippen LogP contribution in [0.3, 0.4) is 0 Å². The summed E-state index contributed by atoms with van der Waals surface area (Å²) in [5.41, 5.74) is 11.8. The quantitative estimate of drug-likeness (QED) is 0.253. The summed E-state index contributed by atoms with van der Waals surface area (Å²) in [6.07, 6.45) is 7.57. The van der Waals surface area contributed by atoms with Gasteiger partial charge in [0.05, 0.1) is 35.2 Å². The number of hydrogen-bond acceptors (Lipinski definition) is 8. The summed E-state index contributed by atoms with van der Waals surface area (Å²) in [6, 6.07) is 12.8. The van der Waals surface area contributed by atoms with Gasteiger partial charge in [-0.15, -0.1) is 0 Å². The van der Waals surface area contributed by atoms with Crippen molar-refractivity contribution in [2.24, 2.45) is 10.7 Å². The van der Waals surface area contributed by atoms with Gasteiger partial charge in [0.2, 0.25) is 0 Å². The highest BCUT2D eigenvalue weighted by atomic mass is 19.1. The molecule has 4 N–H and O–H groups in total. The second-order valence-corrected chi connectivity index (χ2v) is 11.6. The van der Waals surface area contributed by atoms with Crippen LogP contribution in [0.2, 0.25) is 0 Å². The SMILES string of the molecule is C[C@@H]1N=c2c(-c3cc4c(-c5cc(F)cc(OCCN(C)C)c5)cccc4[nH]3)n[nH]c2=CC=C1c1cncc(N2CC(N)C2)n1. The van der Waals surface area contributed by atoms with Crippen molar-refractivity contribution in [1.82, 2.24) is 30.0 Å². The third-order valence-electron chi connectivity index (χ3n) is 8.03. The van der Waals surface area contributed by atoms with E-state index in [4.69, 9.17) is 20.4 Å². The van der Waals surface area contributed by atoms with Crippen molar-refractivity contribution in [1.29, 1.82) is 0 Å². The number of halogens is 1. The molecule has 7 rings (SSSR count). The predicted octanol–water partition coefficient (Wildman–Crippen LogP) is 3.13. The van der Waals surface area contributed by atoms with Crippen LogP contribution in [0.1, 0.15) is 12.6 Å². The zero-order chi connectivity index (χ0) is 30.4. The largest absolute Gasteiger partial charge is 0.492 e. The minimum atomic E-state index is -0.344. The van der Waals surface area contributed by atoms with Crippen LogP contribution in [-0.2, 0) is 0 Å². The maximum absolute atomic E-state index is 14.7. The van der Waals surface area contributed by atoms with Crippen molar-refractivity contribution in [3.8, 4) is 28.3 Å². The first-order chi connectivity index (χ1) is 21.3. The number of likely N-dealkylation sites (N-methyl/N-ethyl adjacent to an activating group) is 1. The van der Waals surface area contributed by atoms with E-state index in [-0.39, 0.29) is 17.9 Å². The number of anilines is 1. The molecule has 0 unspecified atom stereocenters. The molecule has 0 bridgehead atoms. The average Bonchev–Trinajstić information content (AvgIpc) is 3.55. The maximum atomic E-state index is 14.7. The molecule has 2 aliphatic heterocycles. The molecule has 2 aliphatic rings. The maximum Gasteiger partial charge on any atom is 0.147 e. The summed E-state index contributed by atoms with van der Waals surface area (Å²) in [5.74, 6) is 0.979.